The summed E-state index contributed by atoms with van der Waals surface area (Å²) in [7, 11) is 0. The predicted molar refractivity (Wildman–Crippen MR) is 166 cm³/mol. The molecule has 0 saturated carbocycles. The topological polar surface area (TPSA) is 69.1 Å². The first kappa shape index (κ1) is 29.6. The standard InChI is InChI=1S/C34H32F3N5O/c1-2-18-42(19-17-24-9-4-3-5-10-24)32-16-15-25(29-13-6-7-14-30(29)26-22-38-39-23-26)20-31(32)41-33(43)40-28-12-8-11-27(21-28)34(35,36)37/h3-16,20-22H,2,17-19,23H2,1H3,(H2,40,41,43). The third-order valence-corrected chi connectivity index (χ3v) is 7.16. The van der Waals surface area contributed by atoms with Crippen LogP contribution >= 0.6 is 0 Å². The molecule has 9 heteroatoms. The fourth-order valence-electron chi connectivity index (χ4n) is 5.11. The van der Waals surface area contributed by atoms with Crippen LogP contribution in [0.1, 0.15) is 30.0 Å². The van der Waals surface area contributed by atoms with Gasteiger partial charge in [0.25, 0.3) is 0 Å². The van der Waals surface area contributed by atoms with Gasteiger partial charge in [0.15, 0.2) is 0 Å². The molecular weight excluding hydrogens is 551 g/mol. The molecule has 0 fully saturated rings. The highest BCUT2D eigenvalue weighted by atomic mass is 19.4. The van der Waals surface area contributed by atoms with Crippen LogP contribution < -0.4 is 15.5 Å². The number of carbonyl (C=O) groups excluding carboxylic acids is 1. The zero-order chi connectivity index (χ0) is 30.2. The number of benzene rings is 4. The number of urea groups is 1. The molecule has 43 heavy (non-hydrogen) atoms. The predicted octanol–water partition coefficient (Wildman–Crippen LogP) is 9.28. The monoisotopic (exact) mass is 583 g/mol. The average molecular weight is 584 g/mol. The first-order valence-corrected chi connectivity index (χ1v) is 14.2. The Morgan fingerprint density at radius 2 is 1.63 bits per heavy atom. The van der Waals surface area contributed by atoms with Gasteiger partial charge >= 0.3 is 12.2 Å². The molecule has 0 radical (unpaired) electrons. The van der Waals surface area contributed by atoms with Crippen LogP contribution in [0, 0.1) is 0 Å². The van der Waals surface area contributed by atoms with Gasteiger partial charge in [-0.1, -0.05) is 73.7 Å². The van der Waals surface area contributed by atoms with Crippen LogP contribution in [0.4, 0.5) is 35.0 Å². The molecule has 1 aliphatic heterocycles. The average Bonchev–Trinajstić information content (AvgIpc) is 3.55. The molecule has 220 valence electrons. The number of rotatable bonds is 10. The number of nitrogens with zero attached hydrogens (tertiary/aromatic N) is 3. The highest BCUT2D eigenvalue weighted by molar-refractivity contribution is 6.02. The van der Waals surface area contributed by atoms with E-state index >= 15 is 0 Å². The smallest absolute Gasteiger partial charge is 0.370 e. The van der Waals surface area contributed by atoms with Crippen molar-refractivity contribution in [2.24, 2.45) is 10.2 Å². The fraction of sp³-hybridized carbons (Fsp3) is 0.206. The fourth-order valence-corrected chi connectivity index (χ4v) is 5.11. The van der Waals surface area contributed by atoms with E-state index in [1.807, 2.05) is 60.7 Å². The molecule has 2 amide bonds. The number of carbonyl (C=O) groups is 1. The maximum absolute atomic E-state index is 13.3. The number of hydrogen-bond acceptors (Lipinski definition) is 4. The highest BCUT2D eigenvalue weighted by Gasteiger charge is 2.30. The summed E-state index contributed by atoms with van der Waals surface area (Å²) in [4.78, 5) is 15.4. The van der Waals surface area contributed by atoms with Crippen molar-refractivity contribution >= 4 is 28.7 Å². The van der Waals surface area contributed by atoms with Crippen LogP contribution in [-0.4, -0.2) is 25.7 Å². The SMILES string of the molecule is CCCN(CCc1ccccc1)c1ccc(-c2ccccc2C2=CN=NC2)cc1NC(=O)Nc1cccc(C(F)(F)F)c1. The molecule has 4 aromatic carbocycles. The van der Waals surface area contributed by atoms with Gasteiger partial charge in [-0.15, -0.1) is 0 Å². The van der Waals surface area contributed by atoms with Crippen molar-refractivity contribution in [1.82, 2.24) is 0 Å². The number of anilines is 3. The number of nitrogens with one attached hydrogen (secondary N) is 2. The zero-order valence-corrected chi connectivity index (χ0v) is 23.7. The molecule has 0 bridgehead atoms. The number of azo groups is 1. The van der Waals surface area contributed by atoms with Gasteiger partial charge in [-0.25, -0.2) is 4.79 Å². The van der Waals surface area contributed by atoms with E-state index in [-0.39, 0.29) is 5.69 Å². The Kier molecular flexibility index (Phi) is 9.20. The second-order valence-corrected chi connectivity index (χ2v) is 10.2. The van der Waals surface area contributed by atoms with E-state index in [0.29, 0.717) is 18.8 Å². The molecule has 0 saturated heterocycles. The summed E-state index contributed by atoms with van der Waals surface area (Å²) in [6.45, 7) is 4.05. The summed E-state index contributed by atoms with van der Waals surface area (Å²) < 4.78 is 39.8. The molecule has 2 N–H and O–H groups in total. The molecule has 0 atom stereocenters. The van der Waals surface area contributed by atoms with Crippen LogP contribution in [0.25, 0.3) is 16.7 Å². The Hall–Kier alpha value is -4.92. The van der Waals surface area contributed by atoms with E-state index in [4.69, 9.17) is 0 Å². The van der Waals surface area contributed by atoms with Crippen molar-refractivity contribution in [2.45, 2.75) is 25.9 Å². The van der Waals surface area contributed by atoms with Crippen molar-refractivity contribution in [1.29, 1.82) is 0 Å². The molecular formula is C34H32F3N5O. The van der Waals surface area contributed by atoms with E-state index in [2.05, 4.69) is 44.8 Å². The Morgan fingerprint density at radius 3 is 2.35 bits per heavy atom. The third kappa shape index (κ3) is 7.48. The van der Waals surface area contributed by atoms with E-state index in [9.17, 15) is 18.0 Å². The lowest BCUT2D eigenvalue weighted by atomic mass is 9.94. The third-order valence-electron chi connectivity index (χ3n) is 7.16. The van der Waals surface area contributed by atoms with Gasteiger partial charge < -0.3 is 15.5 Å². The maximum Gasteiger partial charge on any atom is 0.416 e. The highest BCUT2D eigenvalue weighted by Crippen LogP contribution is 2.36. The van der Waals surface area contributed by atoms with Gasteiger partial charge in [0.1, 0.15) is 0 Å². The van der Waals surface area contributed by atoms with Gasteiger partial charge in [-0.2, -0.15) is 23.4 Å². The van der Waals surface area contributed by atoms with Crippen LogP contribution in [-0.2, 0) is 12.6 Å². The Morgan fingerprint density at radius 1 is 0.860 bits per heavy atom. The second kappa shape index (κ2) is 13.4. The van der Waals surface area contributed by atoms with Gasteiger partial charge in [0.2, 0.25) is 0 Å². The normalized spacial score (nSPS) is 12.6. The second-order valence-electron chi connectivity index (χ2n) is 10.2. The van der Waals surface area contributed by atoms with Crippen LogP contribution in [0.15, 0.2) is 113 Å². The van der Waals surface area contributed by atoms with Crippen molar-refractivity contribution < 1.29 is 18.0 Å². The number of hydrogen-bond donors (Lipinski definition) is 2. The summed E-state index contributed by atoms with van der Waals surface area (Å²) >= 11 is 0. The minimum absolute atomic E-state index is 0.0468. The van der Waals surface area contributed by atoms with Crippen molar-refractivity contribution in [2.75, 3.05) is 35.2 Å². The lowest BCUT2D eigenvalue weighted by Crippen LogP contribution is -2.29. The van der Waals surface area contributed by atoms with Crippen LogP contribution in [0.5, 0.6) is 0 Å². The van der Waals surface area contributed by atoms with Gasteiger partial charge in [-0.3, -0.25) is 0 Å². The van der Waals surface area contributed by atoms with E-state index < -0.39 is 17.8 Å². The van der Waals surface area contributed by atoms with E-state index in [1.54, 1.807) is 6.20 Å². The minimum atomic E-state index is -4.52. The minimum Gasteiger partial charge on any atom is -0.370 e. The summed E-state index contributed by atoms with van der Waals surface area (Å²) in [5, 5.41) is 13.6. The molecule has 5 rings (SSSR count). The number of alkyl halides is 3. The van der Waals surface area contributed by atoms with Crippen molar-refractivity contribution in [3.63, 3.8) is 0 Å². The lowest BCUT2D eigenvalue weighted by molar-refractivity contribution is -0.137. The van der Waals surface area contributed by atoms with Crippen molar-refractivity contribution in [3.05, 3.63) is 120 Å². The van der Waals surface area contributed by atoms with Crippen molar-refractivity contribution in [3.8, 4) is 11.1 Å². The molecule has 1 aliphatic rings. The van der Waals surface area contributed by atoms with E-state index in [0.717, 1.165) is 59.5 Å². The Balaban J connectivity index is 1.49. The van der Waals surface area contributed by atoms with E-state index in [1.165, 1.54) is 17.7 Å². The summed E-state index contributed by atoms with van der Waals surface area (Å²) in [6.07, 6.45) is -1.07. The van der Waals surface area contributed by atoms with Gasteiger partial charge in [0, 0.05) is 24.4 Å². The molecule has 1 heterocycles. The molecule has 0 unspecified atom stereocenters. The number of halogens is 3. The molecule has 4 aromatic rings. The first-order chi connectivity index (χ1) is 20.8. The lowest BCUT2D eigenvalue weighted by Gasteiger charge is -2.28. The Bertz CT molecular complexity index is 1630. The largest absolute Gasteiger partial charge is 0.416 e. The van der Waals surface area contributed by atoms with Gasteiger partial charge in [0.05, 0.1) is 29.7 Å². The number of amides is 2. The molecule has 0 aromatic heterocycles. The molecule has 6 nitrogen and oxygen atoms in total. The zero-order valence-electron chi connectivity index (χ0n) is 23.7. The summed E-state index contributed by atoms with van der Waals surface area (Å²) in [6, 6.07) is 28.0. The molecule has 0 aliphatic carbocycles. The summed E-state index contributed by atoms with van der Waals surface area (Å²) in [5.74, 6) is 0. The van der Waals surface area contributed by atoms with Gasteiger partial charge in [-0.05, 0) is 65.4 Å². The first-order valence-electron chi connectivity index (χ1n) is 14.2. The van der Waals surface area contributed by atoms with Crippen LogP contribution in [0.2, 0.25) is 0 Å². The maximum atomic E-state index is 13.3. The molecule has 0 spiro atoms. The summed E-state index contributed by atoms with van der Waals surface area (Å²) in [5.41, 5.74) is 5.61. The van der Waals surface area contributed by atoms with Crippen LogP contribution in [0.3, 0.4) is 0 Å². The Labute approximate surface area is 249 Å². The quantitative estimate of drug-likeness (QED) is 0.195.